The quantitative estimate of drug-likeness (QED) is 0.709. The van der Waals surface area contributed by atoms with Crippen molar-refractivity contribution in [3.8, 4) is 0 Å². The van der Waals surface area contributed by atoms with Gasteiger partial charge in [0.15, 0.2) is 5.11 Å². The summed E-state index contributed by atoms with van der Waals surface area (Å²) >= 11 is 5.58. The predicted octanol–water partition coefficient (Wildman–Crippen LogP) is 4.32. The van der Waals surface area contributed by atoms with Crippen LogP contribution in [-0.2, 0) is 0 Å². The van der Waals surface area contributed by atoms with Crippen LogP contribution in [0.2, 0.25) is 0 Å². The molecule has 29 heavy (non-hydrogen) atoms. The first-order chi connectivity index (χ1) is 14.1. The van der Waals surface area contributed by atoms with Crippen molar-refractivity contribution in [3.05, 3.63) is 6.07 Å². The Kier molecular flexibility index (Phi) is 6.73. The maximum Gasteiger partial charge on any atom is 0.232 e. The van der Waals surface area contributed by atoms with E-state index in [9.17, 15) is 0 Å². The molecule has 0 amide bonds. The summed E-state index contributed by atoms with van der Waals surface area (Å²) in [5, 5.41) is 7.40. The lowest BCUT2D eigenvalue weighted by Gasteiger charge is -2.36. The van der Waals surface area contributed by atoms with Gasteiger partial charge < -0.3 is 20.4 Å². The number of nitrogens with one attached hydrogen (secondary N) is 2. The van der Waals surface area contributed by atoms with Crippen molar-refractivity contribution in [1.82, 2.24) is 15.3 Å². The van der Waals surface area contributed by atoms with Crippen molar-refractivity contribution in [3.63, 3.8) is 0 Å². The van der Waals surface area contributed by atoms with Crippen LogP contribution in [-0.4, -0.2) is 46.8 Å². The third-order valence-electron chi connectivity index (χ3n) is 6.69. The molecule has 3 aliphatic rings. The lowest BCUT2D eigenvalue weighted by molar-refractivity contribution is 0.444. The van der Waals surface area contributed by atoms with Crippen LogP contribution in [0.5, 0.6) is 0 Å². The van der Waals surface area contributed by atoms with Crippen molar-refractivity contribution in [2.75, 3.05) is 34.8 Å². The highest BCUT2D eigenvalue weighted by Crippen LogP contribution is 2.29. The minimum Gasteiger partial charge on any atom is -0.360 e. The summed E-state index contributed by atoms with van der Waals surface area (Å²) in [5.74, 6) is 3.40. The number of rotatable bonds is 4. The maximum absolute atomic E-state index is 5.58. The van der Waals surface area contributed by atoms with E-state index in [-0.39, 0.29) is 0 Å². The minimum atomic E-state index is 0.489. The maximum atomic E-state index is 5.58. The molecule has 6 nitrogen and oxygen atoms in total. The molecule has 160 valence electrons. The van der Waals surface area contributed by atoms with Crippen LogP contribution in [0.1, 0.15) is 71.6 Å². The lowest BCUT2D eigenvalue weighted by Crippen LogP contribution is -2.40. The second-order valence-corrected chi connectivity index (χ2v) is 9.63. The van der Waals surface area contributed by atoms with E-state index < -0.39 is 0 Å². The van der Waals surface area contributed by atoms with Gasteiger partial charge in [-0.2, -0.15) is 9.97 Å². The number of piperidine rings is 2. The van der Waals surface area contributed by atoms with Gasteiger partial charge in [-0.25, -0.2) is 0 Å². The second-order valence-electron chi connectivity index (χ2n) is 9.22. The average molecular weight is 417 g/mol. The summed E-state index contributed by atoms with van der Waals surface area (Å²) < 4.78 is 0. The number of hydrogen-bond acceptors (Lipinski definition) is 5. The van der Waals surface area contributed by atoms with Crippen LogP contribution in [0.15, 0.2) is 6.07 Å². The van der Waals surface area contributed by atoms with Crippen LogP contribution >= 0.6 is 12.2 Å². The van der Waals surface area contributed by atoms with Gasteiger partial charge in [0.05, 0.1) is 0 Å². The molecule has 1 aromatic rings. The predicted molar refractivity (Wildman–Crippen MR) is 125 cm³/mol. The first-order valence-electron chi connectivity index (χ1n) is 11.6. The smallest absolute Gasteiger partial charge is 0.232 e. The normalized spacial score (nSPS) is 25.9. The van der Waals surface area contributed by atoms with E-state index in [2.05, 4.69) is 40.3 Å². The molecular weight excluding hydrogens is 380 g/mol. The highest BCUT2D eigenvalue weighted by molar-refractivity contribution is 7.80. The summed E-state index contributed by atoms with van der Waals surface area (Å²) in [7, 11) is 0. The fourth-order valence-corrected chi connectivity index (χ4v) is 5.27. The highest BCUT2D eigenvalue weighted by Gasteiger charge is 2.24. The van der Waals surface area contributed by atoms with Crippen LogP contribution in [0.25, 0.3) is 0 Å². The topological polar surface area (TPSA) is 56.3 Å². The molecule has 4 rings (SSSR count). The van der Waals surface area contributed by atoms with Crippen LogP contribution in [0.4, 0.5) is 17.6 Å². The first-order valence-corrected chi connectivity index (χ1v) is 12.0. The Hall–Kier alpha value is -1.63. The van der Waals surface area contributed by atoms with Crippen LogP contribution in [0.3, 0.4) is 0 Å². The Morgan fingerprint density at radius 2 is 1.72 bits per heavy atom. The zero-order valence-electron chi connectivity index (χ0n) is 18.0. The second kappa shape index (κ2) is 9.45. The van der Waals surface area contributed by atoms with Gasteiger partial charge >= 0.3 is 0 Å². The van der Waals surface area contributed by atoms with E-state index in [1.807, 2.05) is 0 Å². The molecule has 2 atom stereocenters. The molecule has 0 bridgehead atoms. The molecule has 1 saturated carbocycles. The van der Waals surface area contributed by atoms with Gasteiger partial charge in [0.1, 0.15) is 11.6 Å². The highest BCUT2D eigenvalue weighted by atomic mass is 32.1. The van der Waals surface area contributed by atoms with Crippen molar-refractivity contribution in [1.29, 1.82) is 0 Å². The molecule has 2 aliphatic heterocycles. The molecule has 2 N–H and O–H groups in total. The molecular formula is C22H36N6S. The minimum absolute atomic E-state index is 0.489. The Bertz CT molecular complexity index is 705. The number of hydrogen-bond donors (Lipinski definition) is 2. The Morgan fingerprint density at radius 3 is 2.48 bits per heavy atom. The summed E-state index contributed by atoms with van der Waals surface area (Å²) in [6, 6.07) is 3.20. The van der Waals surface area contributed by atoms with Crippen LogP contribution < -0.4 is 20.4 Å². The molecule has 1 aliphatic carbocycles. The first kappa shape index (κ1) is 20.6. The zero-order valence-corrected chi connectivity index (χ0v) is 18.8. The van der Waals surface area contributed by atoms with Gasteiger partial charge in [0.2, 0.25) is 5.95 Å². The molecule has 1 aromatic heterocycles. The van der Waals surface area contributed by atoms with E-state index in [0.717, 1.165) is 31.3 Å². The molecule has 0 aromatic carbocycles. The molecule has 0 radical (unpaired) electrons. The molecule has 0 unspecified atom stereocenters. The summed E-state index contributed by atoms with van der Waals surface area (Å²) in [4.78, 5) is 14.6. The van der Waals surface area contributed by atoms with Gasteiger partial charge in [0, 0.05) is 37.8 Å². The standard InChI is InChI=1S/C22H36N6S/c1-16-8-7-12-27(15-16)19-14-20(28-13-6-5-9-17(28)2)25-21(24-19)26-22(29)23-18-10-3-4-11-18/h14,16-18H,3-13,15H2,1-2H3,(H2,23,24,25,26,29)/t16-,17+/m1/s1. The molecule has 3 fully saturated rings. The lowest BCUT2D eigenvalue weighted by atomic mass is 10.0. The van der Waals surface area contributed by atoms with E-state index in [1.54, 1.807) is 0 Å². The van der Waals surface area contributed by atoms with Crippen molar-refractivity contribution < 1.29 is 0 Å². The van der Waals surface area contributed by atoms with E-state index in [0.29, 0.717) is 29.1 Å². The molecule has 2 saturated heterocycles. The van der Waals surface area contributed by atoms with E-state index >= 15 is 0 Å². The summed E-state index contributed by atoms with van der Waals surface area (Å²) in [5.41, 5.74) is 0. The van der Waals surface area contributed by atoms with Gasteiger partial charge in [-0.15, -0.1) is 0 Å². The summed E-state index contributed by atoms with van der Waals surface area (Å²) in [6.07, 6.45) is 11.3. The van der Waals surface area contributed by atoms with Gasteiger partial charge in [-0.05, 0) is 70.0 Å². The summed E-state index contributed by atoms with van der Waals surface area (Å²) in [6.45, 7) is 7.85. The molecule has 3 heterocycles. The van der Waals surface area contributed by atoms with E-state index in [4.69, 9.17) is 22.2 Å². The Labute approximate surface area is 180 Å². The number of anilines is 3. The zero-order chi connectivity index (χ0) is 20.2. The van der Waals surface area contributed by atoms with Gasteiger partial charge in [0.25, 0.3) is 0 Å². The van der Waals surface area contributed by atoms with Crippen molar-refractivity contribution in [2.24, 2.45) is 5.92 Å². The fourth-order valence-electron chi connectivity index (χ4n) is 5.02. The Balaban J connectivity index is 1.55. The molecule has 0 spiro atoms. The monoisotopic (exact) mass is 416 g/mol. The average Bonchev–Trinajstić information content (AvgIpc) is 3.21. The SMILES string of the molecule is C[C@@H]1CCCN(c2cc(N3CCCC[C@@H]3C)nc(NC(=S)NC3CCCC3)n2)C1. The van der Waals surface area contributed by atoms with Crippen molar-refractivity contribution >= 4 is 34.9 Å². The Morgan fingerprint density at radius 1 is 0.966 bits per heavy atom. The van der Waals surface area contributed by atoms with Crippen LogP contribution in [0, 0.1) is 5.92 Å². The van der Waals surface area contributed by atoms with Gasteiger partial charge in [-0.3, -0.25) is 0 Å². The number of nitrogens with zero attached hydrogens (tertiary/aromatic N) is 4. The van der Waals surface area contributed by atoms with Crippen molar-refractivity contribution in [2.45, 2.75) is 83.7 Å². The number of thiocarbonyl (C=S) groups is 1. The molecule has 7 heteroatoms. The third kappa shape index (κ3) is 5.30. The van der Waals surface area contributed by atoms with Gasteiger partial charge in [-0.1, -0.05) is 19.8 Å². The fraction of sp³-hybridized carbons (Fsp3) is 0.773. The van der Waals surface area contributed by atoms with E-state index in [1.165, 1.54) is 57.8 Å². The number of aromatic nitrogens is 2. The third-order valence-corrected chi connectivity index (χ3v) is 6.91. The largest absolute Gasteiger partial charge is 0.360 e.